The molecule has 0 saturated heterocycles. The summed E-state index contributed by atoms with van der Waals surface area (Å²) in [5.74, 6) is 0.253. The van der Waals surface area contributed by atoms with Crippen molar-refractivity contribution in [3.8, 4) is 11.1 Å². The number of pyridine rings is 1. The SMILES string of the molecule is CCC(=O)N(CC)c1ccc(-c2ccc(C(=O)CCc3ccc(C)nc3)cc2)cc1. The van der Waals surface area contributed by atoms with Crippen molar-refractivity contribution in [2.45, 2.75) is 40.0 Å². The lowest BCUT2D eigenvalue weighted by molar-refractivity contribution is -0.118. The van der Waals surface area contributed by atoms with Gasteiger partial charge in [0.15, 0.2) is 5.78 Å². The standard InChI is InChI=1S/C26H28N2O2/c1-4-26(30)28(5-2)24-15-13-22(14-16-24)21-9-11-23(12-10-21)25(29)17-8-20-7-6-19(3)27-18-20/h6-7,9-16,18H,4-5,8,17H2,1-3H3. The zero-order valence-corrected chi connectivity index (χ0v) is 17.9. The van der Waals surface area contributed by atoms with Crippen molar-refractivity contribution in [2.24, 2.45) is 0 Å². The second-order valence-corrected chi connectivity index (χ2v) is 7.35. The Morgan fingerprint density at radius 2 is 1.50 bits per heavy atom. The number of aromatic nitrogens is 1. The average molecular weight is 401 g/mol. The Balaban J connectivity index is 1.65. The van der Waals surface area contributed by atoms with Gasteiger partial charge < -0.3 is 4.90 Å². The molecule has 0 unspecified atom stereocenters. The van der Waals surface area contributed by atoms with E-state index in [1.807, 2.05) is 87.6 Å². The minimum atomic E-state index is 0.120. The molecule has 3 aromatic rings. The van der Waals surface area contributed by atoms with Gasteiger partial charge in [-0.15, -0.1) is 0 Å². The van der Waals surface area contributed by atoms with E-state index >= 15 is 0 Å². The van der Waals surface area contributed by atoms with Gasteiger partial charge >= 0.3 is 0 Å². The van der Waals surface area contributed by atoms with Crippen LogP contribution in [0.25, 0.3) is 11.1 Å². The highest BCUT2D eigenvalue weighted by Crippen LogP contribution is 2.24. The maximum Gasteiger partial charge on any atom is 0.226 e. The van der Waals surface area contributed by atoms with Crippen molar-refractivity contribution in [2.75, 3.05) is 11.4 Å². The van der Waals surface area contributed by atoms with E-state index in [0.717, 1.165) is 33.6 Å². The number of hydrogen-bond acceptors (Lipinski definition) is 3. The summed E-state index contributed by atoms with van der Waals surface area (Å²) in [4.78, 5) is 30.6. The third-order valence-corrected chi connectivity index (χ3v) is 5.25. The number of aryl methyl sites for hydroxylation is 2. The van der Waals surface area contributed by atoms with Gasteiger partial charge in [-0.2, -0.15) is 0 Å². The van der Waals surface area contributed by atoms with Crippen molar-refractivity contribution in [1.82, 2.24) is 4.98 Å². The fourth-order valence-electron chi connectivity index (χ4n) is 3.42. The molecule has 1 heterocycles. The van der Waals surface area contributed by atoms with E-state index in [9.17, 15) is 9.59 Å². The second-order valence-electron chi connectivity index (χ2n) is 7.35. The first-order chi connectivity index (χ1) is 14.5. The van der Waals surface area contributed by atoms with Gasteiger partial charge in [-0.1, -0.05) is 49.4 Å². The van der Waals surface area contributed by atoms with Gasteiger partial charge in [-0.05, 0) is 55.2 Å². The summed E-state index contributed by atoms with van der Waals surface area (Å²) in [7, 11) is 0. The van der Waals surface area contributed by atoms with Crippen LogP contribution < -0.4 is 4.90 Å². The topological polar surface area (TPSA) is 50.3 Å². The number of hydrogen-bond donors (Lipinski definition) is 0. The van der Waals surface area contributed by atoms with E-state index < -0.39 is 0 Å². The van der Waals surface area contributed by atoms with Crippen LogP contribution in [0, 0.1) is 6.92 Å². The lowest BCUT2D eigenvalue weighted by Crippen LogP contribution is -2.29. The molecule has 0 atom stereocenters. The molecule has 2 aromatic carbocycles. The first-order valence-electron chi connectivity index (χ1n) is 10.5. The van der Waals surface area contributed by atoms with E-state index in [0.29, 0.717) is 25.8 Å². The smallest absolute Gasteiger partial charge is 0.226 e. The molecule has 4 nitrogen and oxygen atoms in total. The van der Waals surface area contributed by atoms with Crippen LogP contribution >= 0.6 is 0 Å². The van der Waals surface area contributed by atoms with Crippen LogP contribution in [0.2, 0.25) is 0 Å². The lowest BCUT2D eigenvalue weighted by Gasteiger charge is -2.20. The van der Waals surface area contributed by atoms with Gasteiger partial charge in [0.25, 0.3) is 0 Å². The molecule has 154 valence electrons. The number of carbonyl (C=O) groups is 2. The molecule has 0 N–H and O–H groups in total. The summed E-state index contributed by atoms with van der Waals surface area (Å²) in [6.07, 6.45) is 3.49. The largest absolute Gasteiger partial charge is 0.313 e. The minimum absolute atomic E-state index is 0.120. The molecule has 4 heteroatoms. The highest BCUT2D eigenvalue weighted by atomic mass is 16.2. The van der Waals surface area contributed by atoms with Crippen LogP contribution in [-0.2, 0) is 11.2 Å². The predicted octanol–water partition coefficient (Wildman–Crippen LogP) is 5.64. The minimum Gasteiger partial charge on any atom is -0.313 e. The maximum atomic E-state index is 12.5. The summed E-state index contributed by atoms with van der Waals surface area (Å²) < 4.78 is 0. The fourth-order valence-corrected chi connectivity index (χ4v) is 3.42. The molecule has 0 fully saturated rings. The summed E-state index contributed by atoms with van der Waals surface area (Å²) >= 11 is 0. The highest BCUT2D eigenvalue weighted by Gasteiger charge is 2.12. The van der Waals surface area contributed by atoms with Crippen LogP contribution in [-0.4, -0.2) is 23.2 Å². The summed E-state index contributed by atoms with van der Waals surface area (Å²) in [5.41, 5.74) is 5.79. The zero-order chi connectivity index (χ0) is 21.5. The maximum absolute atomic E-state index is 12.5. The van der Waals surface area contributed by atoms with Crippen molar-refractivity contribution < 1.29 is 9.59 Å². The van der Waals surface area contributed by atoms with E-state index in [2.05, 4.69) is 4.98 Å². The Morgan fingerprint density at radius 1 is 0.867 bits per heavy atom. The number of rotatable bonds is 8. The van der Waals surface area contributed by atoms with Crippen molar-refractivity contribution >= 4 is 17.4 Å². The van der Waals surface area contributed by atoms with Gasteiger partial charge in [-0.25, -0.2) is 0 Å². The molecule has 30 heavy (non-hydrogen) atoms. The van der Waals surface area contributed by atoms with E-state index in [4.69, 9.17) is 0 Å². The van der Waals surface area contributed by atoms with Crippen molar-refractivity contribution in [1.29, 1.82) is 0 Å². The van der Waals surface area contributed by atoms with Crippen LogP contribution in [0.4, 0.5) is 5.69 Å². The summed E-state index contributed by atoms with van der Waals surface area (Å²) in [6, 6.07) is 19.7. The molecule has 1 amide bonds. The zero-order valence-electron chi connectivity index (χ0n) is 17.9. The molecule has 0 radical (unpaired) electrons. The van der Waals surface area contributed by atoms with Crippen LogP contribution in [0.3, 0.4) is 0 Å². The molecule has 3 rings (SSSR count). The quantitative estimate of drug-likeness (QED) is 0.460. The van der Waals surface area contributed by atoms with Crippen LogP contribution in [0.1, 0.15) is 48.3 Å². The van der Waals surface area contributed by atoms with Gasteiger partial charge in [-0.3, -0.25) is 14.6 Å². The summed E-state index contributed by atoms with van der Waals surface area (Å²) in [5, 5.41) is 0. The normalized spacial score (nSPS) is 10.6. The van der Waals surface area contributed by atoms with E-state index in [1.54, 1.807) is 4.90 Å². The van der Waals surface area contributed by atoms with Crippen LogP contribution in [0.15, 0.2) is 66.9 Å². The Kier molecular flexibility index (Phi) is 7.12. The van der Waals surface area contributed by atoms with Crippen molar-refractivity contribution in [3.63, 3.8) is 0 Å². The third-order valence-electron chi connectivity index (χ3n) is 5.25. The Hall–Kier alpha value is -3.27. The van der Waals surface area contributed by atoms with Gasteiger partial charge in [0.2, 0.25) is 5.91 Å². The number of nitrogens with zero attached hydrogens (tertiary/aromatic N) is 2. The molecular formula is C26H28N2O2. The number of carbonyl (C=O) groups excluding carboxylic acids is 2. The lowest BCUT2D eigenvalue weighted by atomic mass is 9.99. The molecule has 1 aromatic heterocycles. The van der Waals surface area contributed by atoms with E-state index in [-0.39, 0.29) is 11.7 Å². The molecule has 0 aliphatic rings. The summed E-state index contributed by atoms with van der Waals surface area (Å²) in [6.45, 7) is 6.46. The fraction of sp³-hybridized carbons (Fsp3) is 0.269. The molecule has 0 saturated carbocycles. The Bertz CT molecular complexity index is 991. The number of ketones is 1. The van der Waals surface area contributed by atoms with E-state index in [1.165, 1.54) is 0 Å². The average Bonchev–Trinajstić information content (AvgIpc) is 2.79. The molecule has 0 bridgehead atoms. The van der Waals surface area contributed by atoms with Crippen LogP contribution in [0.5, 0.6) is 0 Å². The second kappa shape index (κ2) is 9.97. The first-order valence-corrected chi connectivity index (χ1v) is 10.5. The Morgan fingerprint density at radius 3 is 2.03 bits per heavy atom. The van der Waals surface area contributed by atoms with Crippen molar-refractivity contribution in [3.05, 3.63) is 83.7 Å². The number of anilines is 1. The monoisotopic (exact) mass is 400 g/mol. The highest BCUT2D eigenvalue weighted by molar-refractivity contribution is 5.96. The van der Waals surface area contributed by atoms with Gasteiger partial charge in [0.1, 0.15) is 0 Å². The first kappa shape index (κ1) is 21.4. The number of amides is 1. The number of Topliss-reactive ketones (excluding diaryl/α,β-unsaturated/α-hetero) is 1. The van der Waals surface area contributed by atoms with Gasteiger partial charge in [0.05, 0.1) is 0 Å². The molecule has 0 aliphatic carbocycles. The molecular weight excluding hydrogens is 372 g/mol. The van der Waals surface area contributed by atoms with Gasteiger partial charge in [0, 0.05) is 42.5 Å². The number of benzene rings is 2. The molecule has 0 aliphatic heterocycles. The molecule has 0 spiro atoms. The third kappa shape index (κ3) is 5.20. The Labute approximate surface area is 178 Å². The predicted molar refractivity (Wildman–Crippen MR) is 122 cm³/mol.